The van der Waals surface area contributed by atoms with Gasteiger partial charge in [-0.15, -0.1) is 0 Å². The first-order chi connectivity index (χ1) is 31.3. The molecule has 0 aliphatic heterocycles. The molecule has 1 unspecified atom stereocenters. The lowest BCUT2D eigenvalue weighted by Gasteiger charge is -2.32. The van der Waals surface area contributed by atoms with Crippen LogP contribution in [0, 0.1) is 0 Å². The quantitative estimate of drug-likeness (QED) is 0.151. The maximum atomic E-state index is 2.48. The van der Waals surface area contributed by atoms with E-state index in [-0.39, 0.29) is 0 Å². The van der Waals surface area contributed by atoms with E-state index in [9.17, 15) is 0 Å². The number of hydrogen-bond donors (Lipinski definition) is 0. The second-order valence-corrected chi connectivity index (χ2v) is 16.4. The number of nitrogens with zero attached hydrogens (tertiary/aromatic N) is 2. The lowest BCUT2D eigenvalue weighted by molar-refractivity contribution is 0.794. The molecule has 0 fully saturated rings. The van der Waals surface area contributed by atoms with E-state index in [0.717, 1.165) is 34.1 Å². The van der Waals surface area contributed by atoms with Gasteiger partial charge in [0, 0.05) is 34.0 Å². The molecule has 12 rings (SSSR count). The molecule has 0 aromatic heterocycles. The summed E-state index contributed by atoms with van der Waals surface area (Å²) in [5, 5.41) is 0. The molecule has 0 saturated heterocycles. The molecule has 0 radical (unpaired) electrons. The first kappa shape index (κ1) is 36.6. The first-order valence-electron chi connectivity index (χ1n) is 21.8. The molecule has 63 heavy (non-hydrogen) atoms. The van der Waals surface area contributed by atoms with Crippen LogP contribution in [0.25, 0.3) is 44.5 Å². The third kappa shape index (κ3) is 5.87. The van der Waals surface area contributed by atoms with Gasteiger partial charge in [0.1, 0.15) is 0 Å². The third-order valence-electron chi connectivity index (χ3n) is 13.1. The Morgan fingerprint density at radius 3 is 1.24 bits per heavy atom. The summed E-state index contributed by atoms with van der Waals surface area (Å²) in [5.41, 5.74) is 21.4. The fourth-order valence-corrected chi connectivity index (χ4v) is 10.4. The van der Waals surface area contributed by atoms with Crippen molar-refractivity contribution < 1.29 is 0 Å². The van der Waals surface area contributed by atoms with Gasteiger partial charge in [-0.1, -0.05) is 182 Å². The van der Waals surface area contributed by atoms with Crippen LogP contribution in [-0.4, -0.2) is 0 Å². The Morgan fingerprint density at radius 1 is 0.238 bits per heavy atom. The fourth-order valence-electron chi connectivity index (χ4n) is 10.4. The summed E-state index contributed by atoms with van der Waals surface area (Å²) >= 11 is 0. The van der Waals surface area contributed by atoms with Crippen LogP contribution in [0.15, 0.2) is 255 Å². The zero-order chi connectivity index (χ0) is 41.7. The molecule has 0 heterocycles. The zero-order valence-electron chi connectivity index (χ0n) is 34.6. The standard InChI is InChI=1S/C61H42N2/c1-5-18-43(19-6-1)44-32-39-51(40-33-44)63(49-24-11-4-12-25-49)59-31-17-30-57-60(59)54-27-14-16-29-56(54)61(57)55-28-15-13-26-52(55)53-41-36-46(42-58(53)61)45-34-37-50(38-35-45)62(47-20-7-2-8-21-47)48-22-9-3-10-23-48/h1-42H. The molecular formula is C61H42N2. The van der Waals surface area contributed by atoms with Gasteiger partial charge in [-0.2, -0.15) is 0 Å². The molecular weight excluding hydrogens is 761 g/mol. The SMILES string of the molecule is c1ccc(-c2ccc(N(c3ccccc3)c3cccc4c3-c3ccccc3C43c4ccccc4-c4ccc(-c5ccc(N(c6ccccc6)c6ccccc6)cc5)cc43)cc2)cc1. The average Bonchev–Trinajstić information content (AvgIpc) is 3.83. The molecule has 2 aliphatic carbocycles. The van der Waals surface area contributed by atoms with E-state index in [1.165, 1.54) is 66.8 Å². The van der Waals surface area contributed by atoms with Crippen LogP contribution in [-0.2, 0) is 5.41 Å². The van der Waals surface area contributed by atoms with Crippen LogP contribution >= 0.6 is 0 Å². The van der Waals surface area contributed by atoms with Gasteiger partial charge < -0.3 is 9.80 Å². The van der Waals surface area contributed by atoms with E-state index in [1.54, 1.807) is 0 Å². The van der Waals surface area contributed by atoms with Crippen molar-refractivity contribution in [2.24, 2.45) is 0 Å². The van der Waals surface area contributed by atoms with E-state index in [1.807, 2.05) is 0 Å². The van der Waals surface area contributed by atoms with Crippen LogP contribution < -0.4 is 9.80 Å². The lowest BCUT2D eigenvalue weighted by Crippen LogP contribution is -2.26. The molecule has 1 spiro atoms. The predicted octanol–water partition coefficient (Wildman–Crippen LogP) is 16.3. The van der Waals surface area contributed by atoms with Crippen LogP contribution in [0.1, 0.15) is 22.3 Å². The topological polar surface area (TPSA) is 6.48 Å². The molecule has 2 nitrogen and oxygen atoms in total. The fraction of sp³-hybridized carbons (Fsp3) is 0.0164. The van der Waals surface area contributed by atoms with E-state index in [2.05, 4.69) is 265 Å². The van der Waals surface area contributed by atoms with Gasteiger partial charge in [0.05, 0.1) is 11.1 Å². The third-order valence-corrected chi connectivity index (χ3v) is 13.1. The molecule has 0 saturated carbocycles. The van der Waals surface area contributed by atoms with Crippen molar-refractivity contribution in [3.8, 4) is 44.5 Å². The minimum Gasteiger partial charge on any atom is -0.311 e. The summed E-state index contributed by atoms with van der Waals surface area (Å²) in [6, 6.07) is 93.1. The summed E-state index contributed by atoms with van der Waals surface area (Å²) in [6.07, 6.45) is 0. The largest absolute Gasteiger partial charge is 0.311 e. The van der Waals surface area contributed by atoms with Crippen LogP contribution in [0.3, 0.4) is 0 Å². The molecule has 10 aromatic rings. The number of rotatable bonds is 8. The Hall–Kier alpha value is -8.20. The summed E-state index contributed by atoms with van der Waals surface area (Å²) in [7, 11) is 0. The van der Waals surface area contributed by atoms with Gasteiger partial charge in [-0.05, 0) is 134 Å². The Kier molecular flexibility index (Phi) is 8.76. The number of para-hydroxylation sites is 3. The van der Waals surface area contributed by atoms with E-state index in [0.29, 0.717) is 0 Å². The highest BCUT2D eigenvalue weighted by molar-refractivity contribution is 6.01. The molecule has 296 valence electrons. The number of fused-ring (bicyclic) bond motifs is 10. The Bertz CT molecular complexity index is 3210. The Balaban J connectivity index is 1.03. The van der Waals surface area contributed by atoms with Gasteiger partial charge in [0.25, 0.3) is 0 Å². The number of anilines is 6. The molecule has 10 aromatic carbocycles. The molecule has 1 atom stereocenters. The van der Waals surface area contributed by atoms with Crippen molar-refractivity contribution in [2.75, 3.05) is 9.80 Å². The normalized spacial score (nSPS) is 14.1. The average molecular weight is 803 g/mol. The van der Waals surface area contributed by atoms with Crippen molar-refractivity contribution in [1.82, 2.24) is 0 Å². The van der Waals surface area contributed by atoms with Crippen molar-refractivity contribution in [1.29, 1.82) is 0 Å². The van der Waals surface area contributed by atoms with Gasteiger partial charge in [0.15, 0.2) is 0 Å². The van der Waals surface area contributed by atoms with Crippen LogP contribution in [0.5, 0.6) is 0 Å². The van der Waals surface area contributed by atoms with Crippen molar-refractivity contribution in [3.05, 3.63) is 277 Å². The maximum absolute atomic E-state index is 2.48. The highest BCUT2D eigenvalue weighted by Crippen LogP contribution is 2.65. The maximum Gasteiger partial charge on any atom is 0.0726 e. The summed E-state index contributed by atoms with van der Waals surface area (Å²) < 4.78 is 0. The van der Waals surface area contributed by atoms with Crippen molar-refractivity contribution in [2.45, 2.75) is 5.41 Å². The van der Waals surface area contributed by atoms with Gasteiger partial charge in [-0.25, -0.2) is 0 Å². The Morgan fingerprint density at radius 2 is 0.635 bits per heavy atom. The van der Waals surface area contributed by atoms with E-state index < -0.39 is 5.41 Å². The highest BCUT2D eigenvalue weighted by atomic mass is 15.1. The molecule has 0 N–H and O–H groups in total. The van der Waals surface area contributed by atoms with Crippen molar-refractivity contribution >= 4 is 34.1 Å². The zero-order valence-corrected chi connectivity index (χ0v) is 34.6. The highest BCUT2D eigenvalue weighted by Gasteiger charge is 2.52. The molecule has 2 aliphatic rings. The van der Waals surface area contributed by atoms with Gasteiger partial charge >= 0.3 is 0 Å². The van der Waals surface area contributed by atoms with Crippen LogP contribution in [0.4, 0.5) is 34.1 Å². The lowest BCUT2D eigenvalue weighted by atomic mass is 9.70. The second kappa shape index (κ2) is 15.1. The predicted molar refractivity (Wildman–Crippen MR) is 263 cm³/mol. The minimum atomic E-state index is -0.513. The molecule has 2 heteroatoms. The minimum absolute atomic E-state index is 0.513. The second-order valence-electron chi connectivity index (χ2n) is 16.4. The molecule has 0 amide bonds. The van der Waals surface area contributed by atoms with E-state index >= 15 is 0 Å². The summed E-state index contributed by atoms with van der Waals surface area (Å²) in [5.74, 6) is 0. The smallest absolute Gasteiger partial charge is 0.0726 e. The summed E-state index contributed by atoms with van der Waals surface area (Å²) in [4.78, 5) is 4.76. The first-order valence-corrected chi connectivity index (χ1v) is 21.8. The number of benzene rings is 10. The van der Waals surface area contributed by atoms with E-state index in [4.69, 9.17) is 0 Å². The van der Waals surface area contributed by atoms with Crippen molar-refractivity contribution in [3.63, 3.8) is 0 Å². The van der Waals surface area contributed by atoms with Crippen LogP contribution in [0.2, 0.25) is 0 Å². The molecule has 0 bridgehead atoms. The summed E-state index contributed by atoms with van der Waals surface area (Å²) in [6.45, 7) is 0. The van der Waals surface area contributed by atoms with Gasteiger partial charge in [0.2, 0.25) is 0 Å². The Labute approximate surface area is 369 Å². The monoisotopic (exact) mass is 802 g/mol. The van der Waals surface area contributed by atoms with Gasteiger partial charge in [-0.3, -0.25) is 0 Å². The number of hydrogen-bond acceptors (Lipinski definition) is 2.